The Labute approximate surface area is 194 Å². The Morgan fingerprint density at radius 2 is 1.87 bits per heavy atom. The zero-order valence-electron chi connectivity index (χ0n) is 18.8. The Bertz CT molecular complexity index is 1010. The fourth-order valence-electron chi connectivity index (χ4n) is 7.61. The molecular weight excluding hydrogens is 450 g/mol. The van der Waals surface area contributed by atoms with Crippen LogP contribution >= 0.6 is 15.9 Å². The molecule has 0 aromatic heterocycles. The highest BCUT2D eigenvalue weighted by atomic mass is 79.9. The Kier molecular flexibility index (Phi) is 4.29. The number of fused-ring (bicyclic) bond motifs is 2. The molecular formula is C27H32BrNO2. The molecule has 0 N–H and O–H groups in total. The van der Waals surface area contributed by atoms with Crippen molar-refractivity contribution < 1.29 is 9.53 Å². The molecule has 0 amide bonds. The maximum Gasteiger partial charge on any atom is 0.156 e. The second-order valence-corrected chi connectivity index (χ2v) is 12.3. The van der Waals surface area contributed by atoms with Gasteiger partial charge in [-0.2, -0.15) is 0 Å². The molecule has 2 saturated carbocycles. The topological polar surface area (TPSA) is 29.5 Å². The summed E-state index contributed by atoms with van der Waals surface area (Å²) < 4.78 is 6.81. The maximum absolute atomic E-state index is 12.2. The molecule has 4 aliphatic carbocycles. The first-order valence-electron chi connectivity index (χ1n) is 11.8. The van der Waals surface area contributed by atoms with E-state index >= 15 is 0 Å². The summed E-state index contributed by atoms with van der Waals surface area (Å²) in [5.74, 6) is 1.14. The number of carbonyl (C=O) groups excluding carboxylic acids is 1. The molecule has 6 rings (SSSR count). The third-order valence-corrected chi connectivity index (χ3v) is 11.3. The minimum absolute atomic E-state index is 0.0261. The van der Waals surface area contributed by atoms with Gasteiger partial charge in [0.15, 0.2) is 5.78 Å². The van der Waals surface area contributed by atoms with Crippen LogP contribution in [0.3, 0.4) is 0 Å². The first kappa shape index (κ1) is 20.2. The number of alkyl halides is 1. The average Bonchev–Trinajstić information content (AvgIpc) is 3.13. The van der Waals surface area contributed by atoms with Gasteiger partial charge in [-0.05, 0) is 73.4 Å². The number of ether oxygens (including phenoxy) is 1. The van der Waals surface area contributed by atoms with E-state index in [2.05, 4.69) is 66.1 Å². The zero-order valence-corrected chi connectivity index (χ0v) is 20.4. The van der Waals surface area contributed by atoms with Crippen molar-refractivity contribution in [2.75, 3.05) is 25.6 Å². The Morgan fingerprint density at radius 3 is 2.55 bits per heavy atom. The number of ketones is 1. The van der Waals surface area contributed by atoms with Gasteiger partial charge < -0.3 is 9.64 Å². The predicted octanol–water partition coefficient (Wildman–Crippen LogP) is 5.94. The van der Waals surface area contributed by atoms with E-state index in [4.69, 9.17) is 4.74 Å². The van der Waals surface area contributed by atoms with E-state index in [-0.39, 0.29) is 15.3 Å². The van der Waals surface area contributed by atoms with Crippen molar-refractivity contribution >= 4 is 27.4 Å². The number of nitrogens with zero attached hydrogens (tertiary/aromatic N) is 1. The summed E-state index contributed by atoms with van der Waals surface area (Å²) in [5.41, 5.74) is 7.17. The van der Waals surface area contributed by atoms with E-state index in [0.29, 0.717) is 24.0 Å². The van der Waals surface area contributed by atoms with Gasteiger partial charge in [0.1, 0.15) is 0 Å². The third-order valence-electron chi connectivity index (χ3n) is 9.33. The molecule has 1 aromatic rings. The van der Waals surface area contributed by atoms with Crippen LogP contribution in [0.4, 0.5) is 5.69 Å². The number of hydrogen-bond donors (Lipinski definition) is 0. The number of anilines is 1. The average molecular weight is 482 g/mol. The Hall–Kier alpha value is -1.39. The lowest BCUT2D eigenvalue weighted by Crippen LogP contribution is -2.58. The van der Waals surface area contributed by atoms with E-state index in [9.17, 15) is 4.79 Å². The van der Waals surface area contributed by atoms with Crippen LogP contribution in [0, 0.1) is 11.3 Å². The van der Waals surface area contributed by atoms with Gasteiger partial charge in [-0.3, -0.25) is 4.79 Å². The van der Waals surface area contributed by atoms with Gasteiger partial charge >= 0.3 is 0 Å². The summed E-state index contributed by atoms with van der Waals surface area (Å²) in [6, 6.07) is 9.19. The quantitative estimate of drug-likeness (QED) is 0.489. The lowest BCUT2D eigenvalue weighted by molar-refractivity contribution is -0.114. The van der Waals surface area contributed by atoms with Gasteiger partial charge in [0, 0.05) is 43.5 Å². The minimum Gasteiger partial charge on any atom is -0.378 e. The van der Waals surface area contributed by atoms with Crippen LogP contribution in [0.25, 0.3) is 0 Å². The maximum atomic E-state index is 12.2. The van der Waals surface area contributed by atoms with Crippen LogP contribution in [0.15, 0.2) is 47.1 Å². The van der Waals surface area contributed by atoms with E-state index in [1.807, 2.05) is 6.08 Å². The minimum atomic E-state index is -0.0862. The van der Waals surface area contributed by atoms with Gasteiger partial charge in [-0.15, -0.1) is 0 Å². The lowest BCUT2D eigenvalue weighted by atomic mass is 9.54. The van der Waals surface area contributed by atoms with Crippen molar-refractivity contribution in [2.24, 2.45) is 11.3 Å². The summed E-state index contributed by atoms with van der Waals surface area (Å²) >= 11 is 4.37. The molecule has 0 spiro atoms. The molecule has 1 aromatic carbocycles. The van der Waals surface area contributed by atoms with Gasteiger partial charge in [0.2, 0.25) is 0 Å². The number of halogens is 1. The number of rotatable bonds is 2. The molecule has 1 aliphatic heterocycles. The van der Waals surface area contributed by atoms with Crippen molar-refractivity contribution in [3.8, 4) is 0 Å². The molecule has 4 heteroatoms. The van der Waals surface area contributed by atoms with Crippen LogP contribution in [-0.4, -0.2) is 36.4 Å². The van der Waals surface area contributed by atoms with Crippen LogP contribution in [0.5, 0.6) is 0 Å². The molecule has 0 unspecified atom stereocenters. The van der Waals surface area contributed by atoms with Gasteiger partial charge in [0.05, 0.1) is 16.5 Å². The first-order chi connectivity index (χ1) is 14.8. The van der Waals surface area contributed by atoms with Crippen molar-refractivity contribution in [3.05, 3.63) is 52.6 Å². The van der Waals surface area contributed by atoms with Crippen molar-refractivity contribution in [1.29, 1.82) is 0 Å². The molecule has 3 fully saturated rings. The van der Waals surface area contributed by atoms with E-state index in [1.54, 1.807) is 5.57 Å². The smallest absolute Gasteiger partial charge is 0.156 e. The number of allylic oxidation sites excluding steroid dienone is 3. The zero-order chi connectivity index (χ0) is 21.6. The van der Waals surface area contributed by atoms with E-state index < -0.39 is 0 Å². The predicted molar refractivity (Wildman–Crippen MR) is 128 cm³/mol. The van der Waals surface area contributed by atoms with Crippen LogP contribution in [-0.2, 0) is 9.53 Å². The van der Waals surface area contributed by atoms with E-state index in [1.165, 1.54) is 28.8 Å². The first-order valence-corrected chi connectivity index (χ1v) is 12.6. The summed E-state index contributed by atoms with van der Waals surface area (Å²) in [5, 5.41) is 0. The molecule has 1 heterocycles. The summed E-state index contributed by atoms with van der Waals surface area (Å²) in [4.78, 5) is 14.4. The van der Waals surface area contributed by atoms with Crippen molar-refractivity contribution in [2.45, 2.75) is 67.7 Å². The monoisotopic (exact) mass is 481 g/mol. The summed E-state index contributed by atoms with van der Waals surface area (Å²) in [6.07, 6.45) is 9.13. The van der Waals surface area contributed by atoms with Crippen molar-refractivity contribution in [3.63, 3.8) is 0 Å². The highest BCUT2D eigenvalue weighted by Gasteiger charge is 2.75. The third kappa shape index (κ3) is 2.52. The number of carbonyl (C=O) groups is 1. The van der Waals surface area contributed by atoms with Crippen LogP contribution < -0.4 is 4.90 Å². The molecule has 5 aliphatic rings. The number of hydrogen-bond acceptors (Lipinski definition) is 3. The largest absolute Gasteiger partial charge is 0.378 e. The SMILES string of the molecule is CN(C)c1ccc([C@H]2C[C@]3(Br)[C@@]4(C)CC[C@@]3(OC4)[C@@H]3CCC4=CC(=O)CCC4=C32)cc1. The van der Waals surface area contributed by atoms with Crippen molar-refractivity contribution in [1.82, 2.24) is 0 Å². The highest BCUT2D eigenvalue weighted by molar-refractivity contribution is 9.10. The summed E-state index contributed by atoms with van der Waals surface area (Å²) in [6.45, 7) is 3.30. The number of benzene rings is 1. The fraction of sp³-hybridized carbons (Fsp3) is 0.593. The molecule has 3 nitrogen and oxygen atoms in total. The standard InChI is InChI=1S/C27H32BrNO2/c1-25-12-13-26(31-16-25)23-11-6-18-14-20(30)9-10-21(18)24(23)22(15-27(25,26)28)17-4-7-19(8-5-17)29(2)3/h4-5,7-8,14,22-23H,6,9-13,15-16H2,1-3H3/t22-,23-,25+,26-,27+/m1/s1. The van der Waals surface area contributed by atoms with Gasteiger partial charge in [0.25, 0.3) is 0 Å². The second-order valence-electron chi connectivity index (χ2n) is 10.9. The molecule has 164 valence electrons. The molecule has 31 heavy (non-hydrogen) atoms. The lowest BCUT2D eigenvalue weighted by Gasteiger charge is -2.55. The van der Waals surface area contributed by atoms with Gasteiger partial charge in [-0.25, -0.2) is 0 Å². The Balaban J connectivity index is 1.54. The molecule has 5 atom stereocenters. The second kappa shape index (κ2) is 6.57. The highest BCUT2D eigenvalue weighted by Crippen LogP contribution is 2.74. The summed E-state index contributed by atoms with van der Waals surface area (Å²) in [7, 11) is 4.19. The molecule has 2 bridgehead atoms. The van der Waals surface area contributed by atoms with Gasteiger partial charge in [-0.1, -0.05) is 40.6 Å². The van der Waals surface area contributed by atoms with Crippen LogP contribution in [0.1, 0.15) is 63.4 Å². The molecule has 1 saturated heterocycles. The van der Waals surface area contributed by atoms with Crippen LogP contribution in [0.2, 0.25) is 0 Å². The van der Waals surface area contributed by atoms with E-state index in [0.717, 1.165) is 38.7 Å². The molecule has 0 radical (unpaired) electrons. The Morgan fingerprint density at radius 1 is 1.10 bits per heavy atom. The normalized spacial score (nSPS) is 40.9. The fourth-order valence-corrected chi connectivity index (χ4v) is 8.84.